The number of carbonyl (C=O) groups is 1. The number of nitrogens with one attached hydrogen (secondary N) is 1. The number of hydrogen-bond acceptors (Lipinski definition) is 6. The zero-order chi connectivity index (χ0) is 14.7. The monoisotopic (exact) mass is 358 g/mol. The van der Waals surface area contributed by atoms with Crippen molar-refractivity contribution in [3.05, 3.63) is 40.7 Å². The van der Waals surface area contributed by atoms with Crippen LogP contribution in [0.3, 0.4) is 0 Å². The molecule has 0 amide bonds. The standard InChI is InChI=1S/C14H14ClN3O2S.ClH/c15-10-5-3-9(4-6-10)12(19)8-21-14-18-17-13(20-14)11-2-1-7-16-11;/h3-6,11,16H,1-2,7-8H2;1H/p-1/t11-;/m0./s1. The lowest BCUT2D eigenvalue weighted by molar-refractivity contribution is -0.0000125. The summed E-state index contributed by atoms with van der Waals surface area (Å²) in [5, 5.41) is 12.3. The number of carbonyl (C=O) groups excluding carboxylic acids is 1. The molecule has 0 radical (unpaired) electrons. The highest BCUT2D eigenvalue weighted by Crippen LogP contribution is 2.25. The predicted molar refractivity (Wildman–Crippen MR) is 80.8 cm³/mol. The molecular formula is C14H14Cl2N3O2S-. The van der Waals surface area contributed by atoms with Crippen LogP contribution in [0.15, 0.2) is 33.9 Å². The van der Waals surface area contributed by atoms with Crippen LogP contribution in [0.2, 0.25) is 5.02 Å². The van der Waals surface area contributed by atoms with Gasteiger partial charge < -0.3 is 22.1 Å². The van der Waals surface area contributed by atoms with Crippen molar-refractivity contribution >= 4 is 29.1 Å². The lowest BCUT2D eigenvalue weighted by atomic mass is 10.1. The molecule has 0 spiro atoms. The molecule has 0 bridgehead atoms. The van der Waals surface area contributed by atoms with E-state index in [2.05, 4.69) is 15.5 Å². The average Bonchev–Trinajstić information content (AvgIpc) is 3.16. The number of nitrogens with zero attached hydrogens (tertiary/aromatic N) is 2. The van der Waals surface area contributed by atoms with Crippen LogP contribution in [-0.2, 0) is 0 Å². The summed E-state index contributed by atoms with van der Waals surface area (Å²) in [6.07, 6.45) is 2.13. The fourth-order valence-corrected chi connectivity index (χ4v) is 2.95. The van der Waals surface area contributed by atoms with Crippen molar-refractivity contribution in [1.82, 2.24) is 15.5 Å². The number of ketones is 1. The number of rotatable bonds is 5. The first-order valence-electron chi connectivity index (χ1n) is 6.71. The van der Waals surface area contributed by atoms with E-state index in [-0.39, 0.29) is 30.0 Å². The molecule has 3 rings (SSSR count). The summed E-state index contributed by atoms with van der Waals surface area (Å²) in [6.45, 7) is 0.977. The van der Waals surface area contributed by atoms with Gasteiger partial charge in [0, 0.05) is 10.6 Å². The van der Waals surface area contributed by atoms with Crippen molar-refractivity contribution in [2.75, 3.05) is 12.3 Å². The number of hydrogen-bond donors (Lipinski definition) is 1. The molecule has 22 heavy (non-hydrogen) atoms. The van der Waals surface area contributed by atoms with Gasteiger partial charge in [0.2, 0.25) is 5.89 Å². The smallest absolute Gasteiger partial charge is 0.277 e. The van der Waals surface area contributed by atoms with Gasteiger partial charge in [-0.2, -0.15) is 0 Å². The molecule has 1 aromatic carbocycles. The van der Waals surface area contributed by atoms with Crippen molar-refractivity contribution in [3.8, 4) is 0 Å². The first-order chi connectivity index (χ1) is 10.2. The molecule has 1 N–H and O–H groups in total. The van der Waals surface area contributed by atoms with E-state index in [1.807, 2.05) is 0 Å². The Balaban J connectivity index is 0.00000176. The highest BCUT2D eigenvalue weighted by atomic mass is 35.5. The van der Waals surface area contributed by atoms with Crippen LogP contribution in [0.1, 0.15) is 35.1 Å². The summed E-state index contributed by atoms with van der Waals surface area (Å²) in [5.74, 6) is 0.880. The molecule has 2 heterocycles. The topological polar surface area (TPSA) is 68.0 Å². The van der Waals surface area contributed by atoms with Gasteiger partial charge in [0.1, 0.15) is 0 Å². The molecule has 1 aromatic heterocycles. The second-order valence-corrected chi connectivity index (χ2v) is 6.14. The molecule has 118 valence electrons. The van der Waals surface area contributed by atoms with Crippen LogP contribution in [-0.4, -0.2) is 28.3 Å². The number of aromatic nitrogens is 2. The van der Waals surface area contributed by atoms with Gasteiger partial charge in [-0.1, -0.05) is 23.4 Å². The van der Waals surface area contributed by atoms with Crippen LogP contribution in [0, 0.1) is 0 Å². The lowest BCUT2D eigenvalue weighted by Gasteiger charge is -2.02. The second-order valence-electron chi connectivity index (χ2n) is 4.77. The van der Waals surface area contributed by atoms with Crippen molar-refractivity contribution in [1.29, 1.82) is 0 Å². The summed E-state index contributed by atoms with van der Waals surface area (Å²) in [7, 11) is 0. The molecule has 1 aliphatic rings. The van der Waals surface area contributed by atoms with E-state index < -0.39 is 0 Å². The third-order valence-electron chi connectivity index (χ3n) is 3.27. The summed E-state index contributed by atoms with van der Waals surface area (Å²) in [5.41, 5.74) is 0.629. The summed E-state index contributed by atoms with van der Waals surface area (Å²) in [4.78, 5) is 12.0. The van der Waals surface area contributed by atoms with Gasteiger partial charge in [-0.15, -0.1) is 10.2 Å². The van der Waals surface area contributed by atoms with Gasteiger partial charge in [-0.25, -0.2) is 0 Å². The Morgan fingerprint density at radius 2 is 2.14 bits per heavy atom. The molecule has 1 saturated heterocycles. The molecule has 0 saturated carbocycles. The number of benzene rings is 1. The normalized spacial score (nSPS) is 17.2. The van der Waals surface area contributed by atoms with Crippen molar-refractivity contribution in [3.63, 3.8) is 0 Å². The number of Topliss-reactive ketones (excluding diaryl/α,β-unsaturated/α-hetero) is 1. The zero-order valence-corrected chi connectivity index (χ0v) is 13.9. The van der Waals surface area contributed by atoms with Gasteiger partial charge in [0.15, 0.2) is 5.78 Å². The van der Waals surface area contributed by atoms with Gasteiger partial charge >= 0.3 is 0 Å². The van der Waals surface area contributed by atoms with E-state index >= 15 is 0 Å². The lowest BCUT2D eigenvalue weighted by Crippen LogP contribution is -3.00. The first-order valence-corrected chi connectivity index (χ1v) is 8.07. The Morgan fingerprint density at radius 3 is 2.82 bits per heavy atom. The SMILES string of the molecule is O=C(CSc1nnc([C@@H]2CCCN2)o1)c1ccc(Cl)cc1.[Cl-]. The number of thioether (sulfide) groups is 1. The van der Waals surface area contributed by atoms with Gasteiger partial charge in [0.05, 0.1) is 11.8 Å². The molecule has 2 aromatic rings. The fraction of sp³-hybridized carbons (Fsp3) is 0.357. The van der Waals surface area contributed by atoms with Gasteiger partial charge in [0.25, 0.3) is 5.22 Å². The van der Waals surface area contributed by atoms with E-state index in [4.69, 9.17) is 16.0 Å². The molecule has 0 aliphatic carbocycles. The minimum atomic E-state index is 0. The average molecular weight is 359 g/mol. The maximum absolute atomic E-state index is 12.0. The Morgan fingerprint density at radius 1 is 1.36 bits per heavy atom. The highest BCUT2D eigenvalue weighted by Gasteiger charge is 2.22. The van der Waals surface area contributed by atoms with E-state index in [1.54, 1.807) is 24.3 Å². The maximum Gasteiger partial charge on any atom is 0.277 e. The second kappa shape index (κ2) is 7.97. The molecule has 1 aliphatic heterocycles. The summed E-state index contributed by atoms with van der Waals surface area (Å²) >= 11 is 7.06. The minimum absolute atomic E-state index is 0. The Hall–Kier alpha value is -1.08. The van der Waals surface area contributed by atoms with Crippen LogP contribution >= 0.6 is 23.4 Å². The summed E-state index contributed by atoms with van der Waals surface area (Å²) < 4.78 is 5.58. The third-order valence-corrected chi connectivity index (χ3v) is 4.34. The quantitative estimate of drug-likeness (QED) is 0.605. The molecule has 1 fully saturated rings. The molecule has 1 atom stereocenters. The maximum atomic E-state index is 12.0. The number of halogens is 2. The van der Waals surface area contributed by atoms with Crippen LogP contribution < -0.4 is 17.7 Å². The predicted octanol–water partition coefficient (Wildman–Crippen LogP) is 0.126. The largest absolute Gasteiger partial charge is 1.00 e. The molecule has 0 unspecified atom stereocenters. The fourth-order valence-electron chi connectivity index (χ4n) is 2.16. The zero-order valence-electron chi connectivity index (χ0n) is 11.6. The van der Waals surface area contributed by atoms with E-state index in [9.17, 15) is 4.79 Å². The van der Waals surface area contributed by atoms with E-state index in [0.717, 1.165) is 19.4 Å². The van der Waals surface area contributed by atoms with Crippen LogP contribution in [0.25, 0.3) is 0 Å². The van der Waals surface area contributed by atoms with E-state index in [0.29, 0.717) is 21.7 Å². The molecule has 8 heteroatoms. The Kier molecular flexibility index (Phi) is 6.26. The Bertz CT molecular complexity index is 627. The third kappa shape index (κ3) is 4.23. The first kappa shape index (κ1) is 17.3. The van der Waals surface area contributed by atoms with Crippen molar-refractivity contribution < 1.29 is 21.6 Å². The highest BCUT2D eigenvalue weighted by molar-refractivity contribution is 7.99. The van der Waals surface area contributed by atoms with Crippen LogP contribution in [0.4, 0.5) is 0 Å². The van der Waals surface area contributed by atoms with Crippen molar-refractivity contribution in [2.24, 2.45) is 0 Å². The van der Waals surface area contributed by atoms with Crippen molar-refractivity contribution in [2.45, 2.75) is 24.1 Å². The van der Waals surface area contributed by atoms with E-state index in [1.165, 1.54) is 11.8 Å². The van der Waals surface area contributed by atoms with Crippen LogP contribution in [0.5, 0.6) is 0 Å². The molecular weight excluding hydrogens is 345 g/mol. The van der Waals surface area contributed by atoms with Gasteiger partial charge in [-0.3, -0.25) is 4.79 Å². The summed E-state index contributed by atoms with van der Waals surface area (Å²) in [6, 6.07) is 6.99. The molecule has 5 nitrogen and oxygen atoms in total. The van der Waals surface area contributed by atoms with Gasteiger partial charge in [-0.05, 0) is 43.7 Å². The minimum Gasteiger partial charge on any atom is -1.00 e. The Labute approximate surface area is 143 Å².